The van der Waals surface area contributed by atoms with Crippen LogP contribution in [0.3, 0.4) is 0 Å². The first-order valence-electron chi connectivity index (χ1n) is 9.19. The van der Waals surface area contributed by atoms with E-state index < -0.39 is 0 Å². The third-order valence-electron chi connectivity index (χ3n) is 5.22. The minimum Gasteiger partial charge on any atom is -0.508 e. The summed E-state index contributed by atoms with van der Waals surface area (Å²) in [5, 5.41) is 23.7. The number of benzene rings is 1. The topological polar surface area (TPSA) is 52.5 Å². The highest BCUT2D eigenvalue weighted by molar-refractivity contribution is 5.41. The summed E-state index contributed by atoms with van der Waals surface area (Å²) in [6.45, 7) is 7.56. The molecule has 23 heavy (non-hydrogen) atoms. The number of hydrogen-bond donors (Lipinski definition) is 3. The molecule has 2 atom stereocenters. The molecule has 1 aliphatic heterocycles. The molecule has 3 heteroatoms. The first kappa shape index (κ1) is 18.3. The van der Waals surface area contributed by atoms with Crippen molar-refractivity contribution < 1.29 is 10.2 Å². The number of rotatable bonds is 7. The lowest BCUT2D eigenvalue weighted by Crippen LogP contribution is -2.34. The molecule has 2 rings (SSSR count). The van der Waals surface area contributed by atoms with Crippen LogP contribution in [-0.4, -0.2) is 22.9 Å². The van der Waals surface area contributed by atoms with E-state index in [2.05, 4.69) is 32.2 Å². The molecule has 0 amide bonds. The van der Waals surface area contributed by atoms with Crippen molar-refractivity contribution in [1.82, 2.24) is 5.32 Å². The fraction of sp³-hybridized carbons (Fsp3) is 0.700. The maximum absolute atomic E-state index is 10.5. The summed E-state index contributed by atoms with van der Waals surface area (Å²) in [5.74, 6) is 0.357. The van der Waals surface area contributed by atoms with Crippen molar-refractivity contribution in [2.75, 3.05) is 6.54 Å². The van der Waals surface area contributed by atoms with Crippen LogP contribution in [0.4, 0.5) is 0 Å². The molecule has 0 spiro atoms. The van der Waals surface area contributed by atoms with Crippen LogP contribution in [0.5, 0.6) is 5.75 Å². The molecule has 1 saturated heterocycles. The molecule has 0 aliphatic carbocycles. The van der Waals surface area contributed by atoms with Crippen LogP contribution < -0.4 is 5.32 Å². The Bertz CT molecular complexity index is 498. The highest BCUT2D eigenvalue weighted by Gasteiger charge is 2.25. The van der Waals surface area contributed by atoms with Crippen LogP contribution in [0, 0.1) is 0 Å². The number of phenols is 1. The Morgan fingerprint density at radius 1 is 1.22 bits per heavy atom. The Balaban J connectivity index is 2.05. The highest BCUT2D eigenvalue weighted by Crippen LogP contribution is 2.36. The smallest absolute Gasteiger partial charge is 0.120 e. The second-order valence-corrected chi connectivity index (χ2v) is 7.65. The van der Waals surface area contributed by atoms with Crippen LogP contribution in [0.25, 0.3) is 0 Å². The second kappa shape index (κ2) is 8.16. The number of aliphatic hydroxyl groups excluding tert-OH is 1. The van der Waals surface area contributed by atoms with Crippen LogP contribution in [-0.2, 0) is 5.41 Å². The lowest BCUT2D eigenvalue weighted by molar-refractivity contribution is 0.116. The van der Waals surface area contributed by atoms with Gasteiger partial charge in [0.15, 0.2) is 0 Å². The van der Waals surface area contributed by atoms with E-state index in [0.717, 1.165) is 24.9 Å². The number of unbranched alkanes of at least 4 members (excludes halogenated alkanes) is 3. The van der Waals surface area contributed by atoms with Gasteiger partial charge < -0.3 is 15.5 Å². The molecular formula is C20H33NO2. The number of nitrogens with one attached hydrogen (secondary N) is 1. The minimum atomic E-state index is -0.268. The molecule has 0 unspecified atom stereocenters. The molecule has 130 valence electrons. The molecular weight excluding hydrogens is 286 g/mol. The van der Waals surface area contributed by atoms with Gasteiger partial charge in [-0.1, -0.05) is 58.6 Å². The number of aliphatic hydroxyl groups is 1. The van der Waals surface area contributed by atoms with Crippen molar-refractivity contribution in [3.63, 3.8) is 0 Å². The summed E-state index contributed by atoms with van der Waals surface area (Å²) in [5.41, 5.74) is 2.20. The summed E-state index contributed by atoms with van der Waals surface area (Å²) in [6, 6.07) is 6.17. The third kappa shape index (κ3) is 4.95. The number of piperidine rings is 1. The highest BCUT2D eigenvalue weighted by atomic mass is 16.3. The van der Waals surface area contributed by atoms with Gasteiger partial charge in [0.25, 0.3) is 0 Å². The average Bonchev–Trinajstić information content (AvgIpc) is 2.51. The van der Waals surface area contributed by atoms with E-state index >= 15 is 0 Å². The minimum absolute atomic E-state index is 0.0560. The predicted octanol–water partition coefficient (Wildman–Crippen LogP) is 4.43. The zero-order chi connectivity index (χ0) is 16.9. The van der Waals surface area contributed by atoms with E-state index in [-0.39, 0.29) is 17.6 Å². The fourth-order valence-corrected chi connectivity index (χ4v) is 3.53. The second-order valence-electron chi connectivity index (χ2n) is 7.65. The lowest BCUT2D eigenvalue weighted by Gasteiger charge is -2.30. The fourth-order valence-electron chi connectivity index (χ4n) is 3.53. The summed E-state index contributed by atoms with van der Waals surface area (Å²) in [6.07, 6.45) is 7.43. The van der Waals surface area contributed by atoms with E-state index in [4.69, 9.17) is 0 Å². The lowest BCUT2D eigenvalue weighted by atomic mass is 9.79. The van der Waals surface area contributed by atoms with Crippen LogP contribution in [0.15, 0.2) is 18.2 Å². The first-order chi connectivity index (χ1) is 10.9. The van der Waals surface area contributed by atoms with E-state index in [1.54, 1.807) is 0 Å². The molecule has 0 saturated carbocycles. The Morgan fingerprint density at radius 3 is 2.65 bits per heavy atom. The number of aromatic hydroxyl groups is 1. The van der Waals surface area contributed by atoms with Gasteiger partial charge in [0, 0.05) is 11.6 Å². The Morgan fingerprint density at radius 2 is 2.00 bits per heavy atom. The van der Waals surface area contributed by atoms with Gasteiger partial charge in [-0.2, -0.15) is 0 Å². The Kier molecular flexibility index (Phi) is 6.49. The molecule has 0 aromatic heterocycles. The van der Waals surface area contributed by atoms with Crippen LogP contribution >= 0.6 is 0 Å². The van der Waals surface area contributed by atoms with E-state index in [1.807, 2.05) is 12.1 Å². The van der Waals surface area contributed by atoms with Crippen molar-refractivity contribution in [1.29, 1.82) is 0 Å². The molecule has 1 aromatic carbocycles. The molecule has 1 fully saturated rings. The zero-order valence-corrected chi connectivity index (χ0v) is 14.9. The third-order valence-corrected chi connectivity index (χ3v) is 5.22. The molecule has 1 aliphatic rings. The molecule has 1 aromatic rings. The normalized spacial score (nSPS) is 22.3. The average molecular weight is 319 g/mol. The van der Waals surface area contributed by atoms with Crippen molar-refractivity contribution in [3.05, 3.63) is 29.3 Å². The van der Waals surface area contributed by atoms with E-state index in [1.165, 1.54) is 31.2 Å². The Hall–Kier alpha value is -1.06. The monoisotopic (exact) mass is 319 g/mol. The maximum Gasteiger partial charge on any atom is 0.120 e. The zero-order valence-electron chi connectivity index (χ0n) is 14.9. The van der Waals surface area contributed by atoms with Crippen LogP contribution in [0.1, 0.15) is 82.9 Å². The standard InChI is InChI=1S/C20H33NO2/c1-4-5-6-7-11-20(2,3)15-8-9-17(19(23)13-15)18-14-16(22)10-12-21-18/h8-9,13,16,18,21-23H,4-7,10-12,14H2,1-3H3/t16-,18+/m1/s1. The SMILES string of the molecule is CCCCCCC(C)(C)c1ccc([C@@H]2C[C@H](O)CCN2)c(O)c1. The molecule has 0 bridgehead atoms. The Labute approximate surface area is 141 Å². The first-order valence-corrected chi connectivity index (χ1v) is 9.19. The van der Waals surface area contributed by atoms with Crippen molar-refractivity contribution in [2.24, 2.45) is 0 Å². The molecule has 0 radical (unpaired) electrons. The maximum atomic E-state index is 10.5. The van der Waals surface area contributed by atoms with Gasteiger partial charge in [0.2, 0.25) is 0 Å². The van der Waals surface area contributed by atoms with Crippen molar-refractivity contribution in [2.45, 2.75) is 83.3 Å². The number of hydrogen-bond acceptors (Lipinski definition) is 3. The van der Waals surface area contributed by atoms with Gasteiger partial charge >= 0.3 is 0 Å². The van der Waals surface area contributed by atoms with Gasteiger partial charge in [-0.15, -0.1) is 0 Å². The summed E-state index contributed by atoms with van der Waals surface area (Å²) in [4.78, 5) is 0. The van der Waals surface area contributed by atoms with Gasteiger partial charge in [-0.05, 0) is 42.9 Å². The summed E-state index contributed by atoms with van der Waals surface area (Å²) in [7, 11) is 0. The quantitative estimate of drug-likeness (QED) is 0.652. The molecule has 3 nitrogen and oxygen atoms in total. The van der Waals surface area contributed by atoms with Gasteiger partial charge in [0.1, 0.15) is 5.75 Å². The van der Waals surface area contributed by atoms with Gasteiger partial charge in [-0.3, -0.25) is 0 Å². The summed E-state index contributed by atoms with van der Waals surface area (Å²) < 4.78 is 0. The van der Waals surface area contributed by atoms with Gasteiger partial charge in [0.05, 0.1) is 6.10 Å². The summed E-state index contributed by atoms with van der Waals surface area (Å²) >= 11 is 0. The molecule has 3 N–H and O–H groups in total. The number of phenolic OH excluding ortho intramolecular Hbond substituents is 1. The van der Waals surface area contributed by atoms with Crippen LogP contribution in [0.2, 0.25) is 0 Å². The van der Waals surface area contributed by atoms with E-state index in [9.17, 15) is 10.2 Å². The predicted molar refractivity (Wildman–Crippen MR) is 95.9 cm³/mol. The van der Waals surface area contributed by atoms with Crippen molar-refractivity contribution >= 4 is 0 Å². The van der Waals surface area contributed by atoms with Crippen molar-refractivity contribution in [3.8, 4) is 5.75 Å². The molecule has 1 heterocycles. The largest absolute Gasteiger partial charge is 0.508 e. The van der Waals surface area contributed by atoms with Gasteiger partial charge in [-0.25, -0.2) is 0 Å². The van der Waals surface area contributed by atoms with E-state index in [0.29, 0.717) is 12.2 Å².